The zero-order valence-corrected chi connectivity index (χ0v) is 55.8. The van der Waals surface area contributed by atoms with Gasteiger partial charge in [0.15, 0.2) is 52.0 Å². The van der Waals surface area contributed by atoms with Gasteiger partial charge in [0.2, 0.25) is 0 Å². The van der Waals surface area contributed by atoms with Crippen LogP contribution in [0.25, 0.3) is 0 Å². The molecule has 1 aliphatic heterocycles. The van der Waals surface area contributed by atoms with Gasteiger partial charge in [-0.1, -0.05) is 68.5 Å². The average Bonchev–Trinajstić information content (AvgIpc) is 1.34. The van der Waals surface area contributed by atoms with Crippen LogP contribution in [0.3, 0.4) is 0 Å². The zero-order valence-electron chi connectivity index (χ0n) is 55.8. The molecule has 1 amide bonds. The first kappa shape index (κ1) is 71.7. The van der Waals surface area contributed by atoms with Crippen LogP contribution in [0.15, 0.2) is 133 Å². The van der Waals surface area contributed by atoms with Crippen LogP contribution in [0.1, 0.15) is 121 Å². The minimum Gasteiger partial charge on any atom is -0.508 e. The highest BCUT2D eigenvalue weighted by molar-refractivity contribution is 6.02. The number of aliphatic hydroxyl groups excluding tert-OH is 5. The Balaban J connectivity index is 0.000000159. The number of allylic oxidation sites excluding steroid dienone is 8. The number of phenols is 2. The molecule has 9 aliphatic rings. The molecule has 19 atom stereocenters. The molecule has 4 aromatic rings. The summed E-state index contributed by atoms with van der Waals surface area (Å²) in [6.07, 6.45) is -3.66. The summed E-state index contributed by atoms with van der Waals surface area (Å²) in [4.78, 5) is 61.8. The Morgan fingerprint density at radius 1 is 0.663 bits per heavy atom. The predicted octanol–water partition coefficient (Wildman–Crippen LogP) is 9.12. The lowest BCUT2D eigenvalue weighted by atomic mass is 9.44. The topological polar surface area (TPSA) is 322 Å². The van der Waals surface area contributed by atoms with Crippen molar-refractivity contribution in [2.75, 3.05) is 31.4 Å². The maximum Gasteiger partial charge on any atom is 0.412 e. The fourth-order valence-corrected chi connectivity index (χ4v) is 18.6. The van der Waals surface area contributed by atoms with Crippen molar-refractivity contribution in [2.45, 2.75) is 171 Å². The molecule has 0 bridgehead atoms. The Hall–Kier alpha value is -7.61. The number of aromatic hydroxyl groups is 2. The molecule has 19 nitrogen and oxygen atoms in total. The second kappa shape index (κ2) is 25.5. The van der Waals surface area contributed by atoms with E-state index < -0.39 is 159 Å². The van der Waals surface area contributed by atoms with E-state index in [0.29, 0.717) is 41.1 Å². The summed E-state index contributed by atoms with van der Waals surface area (Å²) in [6.45, 7) is 9.73. The quantitative estimate of drug-likeness (QED) is 0.0494. The summed E-state index contributed by atoms with van der Waals surface area (Å²) >= 11 is 0. The lowest BCUT2D eigenvalue weighted by Crippen LogP contribution is -2.70. The third kappa shape index (κ3) is 11.3. The molecule has 13 rings (SSSR count). The Kier molecular flexibility index (Phi) is 18.7. The number of nitrogens with two attached hydrogens (primary N) is 1. The van der Waals surface area contributed by atoms with Crippen LogP contribution in [0, 0.1) is 45.3 Å². The van der Waals surface area contributed by atoms with E-state index in [-0.39, 0.29) is 61.2 Å². The van der Waals surface area contributed by atoms with E-state index in [0.717, 1.165) is 34.9 Å². The van der Waals surface area contributed by atoms with Gasteiger partial charge in [-0.25, -0.2) is 22.4 Å². The molecule has 0 spiro atoms. The van der Waals surface area contributed by atoms with E-state index in [4.69, 9.17) is 24.7 Å². The number of nitrogen functional groups attached to an aromatic ring is 1. The van der Waals surface area contributed by atoms with Crippen molar-refractivity contribution in [3.05, 3.63) is 160 Å². The molecule has 23 heteroatoms. The van der Waals surface area contributed by atoms with E-state index in [1.807, 2.05) is 63.2 Å². The van der Waals surface area contributed by atoms with Gasteiger partial charge in [0.1, 0.15) is 48.4 Å². The Morgan fingerprint density at radius 2 is 1.18 bits per heavy atom. The Labute approximate surface area is 565 Å². The number of hydrogen-bond donors (Lipinski definition) is 10. The first-order chi connectivity index (χ1) is 45.9. The summed E-state index contributed by atoms with van der Waals surface area (Å²) in [6, 6.07) is 24.9. The first-order valence-corrected chi connectivity index (χ1v) is 33.0. The van der Waals surface area contributed by atoms with Crippen LogP contribution >= 0.6 is 0 Å². The van der Waals surface area contributed by atoms with Gasteiger partial charge in [-0.15, -0.1) is 0 Å². The van der Waals surface area contributed by atoms with Gasteiger partial charge < -0.3 is 65.5 Å². The number of fused-ring (bicyclic) bond motifs is 12. The number of alkyl halides is 4. The number of anilines is 2. The van der Waals surface area contributed by atoms with E-state index in [2.05, 4.69) is 5.32 Å². The molecular formula is C75H86F4N2O17. The normalized spacial score (nSPS) is 37.7. The van der Waals surface area contributed by atoms with Crippen molar-refractivity contribution in [1.82, 2.24) is 0 Å². The van der Waals surface area contributed by atoms with Gasteiger partial charge in [0.25, 0.3) is 0 Å². The summed E-state index contributed by atoms with van der Waals surface area (Å²) in [5, 5.41) is 87.5. The molecule has 6 saturated carbocycles. The SMILES string of the molecule is COc1ccc(Cc2cccc(NC(=O)OC(C)(C)C)c2)c(O)c1.C[C@]12C=CC(=O)C=C1[C@@H](F)C[C@H]1[C@@H]3C[C@@H](O)[C@](O)(C(=O)CO)[C@@]3(C)C[C@H](O)[C@@]12F.C[C@]12C=CC(=O)C=C1[C@@H](F)C[C@H]1[C@@H]3C[C@H]4O[C@@H](c5ccc(Cc6cccc(N)c6)c(O)c5)O[C@@]4(C(=O)CO)[C@@]3(C)C[C@H](O)[C@@]12F. The van der Waals surface area contributed by atoms with Crippen molar-refractivity contribution in [3.63, 3.8) is 0 Å². The van der Waals surface area contributed by atoms with Crippen molar-refractivity contribution < 1.29 is 101 Å². The average molecular weight is 1360 g/mol. The number of nitrogens with one attached hydrogen (secondary N) is 1. The van der Waals surface area contributed by atoms with Gasteiger partial charge in [0, 0.05) is 69.3 Å². The third-order valence-corrected chi connectivity index (χ3v) is 23.3. The monoisotopic (exact) mass is 1360 g/mol. The Morgan fingerprint density at radius 3 is 1.70 bits per heavy atom. The third-order valence-electron chi connectivity index (χ3n) is 23.3. The number of rotatable bonds is 11. The van der Waals surface area contributed by atoms with E-state index in [9.17, 15) is 64.8 Å². The minimum absolute atomic E-state index is 0.00609. The van der Waals surface area contributed by atoms with Crippen LogP contribution in [0.5, 0.6) is 17.2 Å². The number of benzene rings is 4. The highest BCUT2D eigenvalue weighted by atomic mass is 19.2. The first-order valence-electron chi connectivity index (χ1n) is 33.0. The molecule has 0 aromatic heterocycles. The molecule has 98 heavy (non-hydrogen) atoms. The number of carbonyl (C=O) groups is 5. The van der Waals surface area contributed by atoms with Gasteiger partial charge in [-0.3, -0.25) is 24.5 Å². The second-order valence-corrected chi connectivity index (χ2v) is 29.8. The fraction of sp³-hybridized carbons (Fsp3) is 0.507. The molecule has 8 aliphatic carbocycles. The number of Topliss-reactive ketones (excluding diaryl/α,β-unsaturated/α-hetero) is 2. The Bertz CT molecular complexity index is 3990. The van der Waals surface area contributed by atoms with Gasteiger partial charge >= 0.3 is 6.09 Å². The number of methoxy groups -OCH3 is 1. The highest BCUT2D eigenvalue weighted by Crippen LogP contribution is 2.74. The maximum atomic E-state index is 17.6. The smallest absolute Gasteiger partial charge is 0.412 e. The maximum absolute atomic E-state index is 17.6. The summed E-state index contributed by atoms with van der Waals surface area (Å²) in [5.41, 5.74) is -4.26. The molecule has 0 radical (unpaired) electrons. The van der Waals surface area contributed by atoms with E-state index in [1.54, 1.807) is 50.4 Å². The predicted molar refractivity (Wildman–Crippen MR) is 350 cm³/mol. The van der Waals surface area contributed by atoms with Crippen LogP contribution in [-0.2, 0) is 46.2 Å². The van der Waals surface area contributed by atoms with Crippen molar-refractivity contribution in [3.8, 4) is 17.2 Å². The standard InChI is InChI=1S/C35H37F2NO7.C21H26F2O6.C19H23NO4/c1-32-9-8-22(40)13-25(32)26(36)14-24-23-15-30-35(29(43)17-39,33(23,2)16-28(42)34(24,32)37)45-31(44-30)20-7-6-19(27(41)12-20)10-18-4-3-5-21(38)11-18;1-18-4-3-10(25)5-13(18)14(22)6-12-11-7-15(26)21(29,17(28)9-24)19(11,2)8-16(27)20(12,18)23;1-19(2,3)24-18(22)20-15-7-5-6-13(11-15)10-14-8-9-16(23-4)12-17(14)21/h3-9,11-13,23-24,26,28,30-31,39,41-42H,10,14-17,38H2,1-2H3;3-5,11-12,14-16,24,26-27,29H,6-9H2,1-2H3;5-9,11-12,21H,10H2,1-4H3,(H,20,22)/t23-,24-,26-,28-,30+,31+,32-,33-,34-,35+;11-,12-,14-,15+,16-,18-,19-,20-,21-;/m00./s1. The van der Waals surface area contributed by atoms with Gasteiger partial charge in [-0.05, 0) is 179 Å². The van der Waals surface area contributed by atoms with Crippen LogP contribution in [0.4, 0.5) is 33.7 Å². The summed E-state index contributed by atoms with van der Waals surface area (Å²) in [7, 11) is 1.56. The molecule has 526 valence electrons. The minimum atomic E-state index is -2.37. The van der Waals surface area contributed by atoms with Crippen molar-refractivity contribution in [1.29, 1.82) is 0 Å². The number of phenolic OH excluding ortho intramolecular Hbond substituents is 2. The molecule has 11 N–H and O–H groups in total. The lowest BCUT2D eigenvalue weighted by molar-refractivity contribution is -0.235. The molecule has 7 fully saturated rings. The van der Waals surface area contributed by atoms with Crippen LogP contribution in [-0.4, -0.2) is 155 Å². The van der Waals surface area contributed by atoms with Crippen LogP contribution < -0.4 is 15.8 Å². The van der Waals surface area contributed by atoms with Crippen molar-refractivity contribution >= 4 is 40.6 Å². The van der Waals surface area contributed by atoms with E-state index in [1.165, 1.54) is 45.1 Å². The fourth-order valence-electron chi connectivity index (χ4n) is 18.6. The molecule has 0 unspecified atom stereocenters. The van der Waals surface area contributed by atoms with Gasteiger partial charge in [-0.2, -0.15) is 0 Å². The number of hydrogen-bond acceptors (Lipinski definition) is 18. The second-order valence-electron chi connectivity index (χ2n) is 29.8. The number of ether oxygens (including phenoxy) is 4. The van der Waals surface area contributed by atoms with Gasteiger partial charge in [0.05, 0.1) is 31.5 Å². The zero-order chi connectivity index (χ0) is 71.4. The number of carbonyl (C=O) groups excluding carboxylic acids is 5. The number of amides is 1. The molecule has 1 heterocycles. The number of halogens is 4. The summed E-state index contributed by atoms with van der Waals surface area (Å²) in [5.74, 6) is -5.36. The largest absolute Gasteiger partial charge is 0.508 e. The van der Waals surface area contributed by atoms with E-state index >= 15 is 17.6 Å². The summed E-state index contributed by atoms with van der Waals surface area (Å²) < 4.78 is 88.5. The lowest BCUT2D eigenvalue weighted by Gasteiger charge is -2.63. The molecule has 4 aromatic carbocycles. The highest BCUT2D eigenvalue weighted by Gasteiger charge is 2.81. The van der Waals surface area contributed by atoms with Crippen LogP contribution in [0.2, 0.25) is 0 Å². The van der Waals surface area contributed by atoms with Crippen molar-refractivity contribution in [2.24, 2.45) is 45.3 Å². The number of aliphatic hydroxyl groups is 6. The molecular weight excluding hydrogens is 1280 g/mol. The number of ketones is 4. The molecule has 1 saturated heterocycles.